The van der Waals surface area contributed by atoms with Crippen LogP contribution in [0.25, 0.3) is 0 Å². The van der Waals surface area contributed by atoms with Gasteiger partial charge in [0.05, 0.1) is 15.5 Å². The first kappa shape index (κ1) is 14.5. The first-order valence-corrected chi connectivity index (χ1v) is 7.89. The summed E-state index contributed by atoms with van der Waals surface area (Å²) in [5, 5.41) is 3.80. The lowest BCUT2D eigenvalue weighted by Crippen LogP contribution is -2.37. The molecule has 1 spiro atoms. The number of nitrogens with zero attached hydrogens (tertiary/aromatic N) is 3. The molecule has 2 aromatic rings. The number of nitrogens with one attached hydrogen (secondary N) is 1. The number of carbonyl (C=O) groups is 1. The molecule has 1 aromatic heterocycles. The number of amides is 1. The molecule has 23 heavy (non-hydrogen) atoms. The summed E-state index contributed by atoms with van der Waals surface area (Å²) in [6, 6.07) is 5.20. The zero-order valence-electron chi connectivity index (χ0n) is 12.0. The monoisotopic (exact) mass is 349 g/mol. The highest BCUT2D eigenvalue weighted by molar-refractivity contribution is 6.42. The third-order valence-electron chi connectivity index (χ3n) is 4.53. The summed E-state index contributed by atoms with van der Waals surface area (Å²) in [7, 11) is 0. The summed E-state index contributed by atoms with van der Waals surface area (Å²) in [4.78, 5) is 22.8. The van der Waals surface area contributed by atoms with Gasteiger partial charge in [-0.1, -0.05) is 23.2 Å². The van der Waals surface area contributed by atoms with Crippen LogP contribution in [0.5, 0.6) is 0 Å². The summed E-state index contributed by atoms with van der Waals surface area (Å²) < 4.78 is 0. The molecule has 0 bridgehead atoms. The second-order valence-corrected chi connectivity index (χ2v) is 6.64. The van der Waals surface area contributed by atoms with E-state index in [1.165, 1.54) is 6.33 Å². The Bertz CT molecular complexity index is 828. The van der Waals surface area contributed by atoms with E-state index in [1.54, 1.807) is 18.2 Å². The molecule has 3 heterocycles. The van der Waals surface area contributed by atoms with Gasteiger partial charge in [-0.3, -0.25) is 4.79 Å². The number of hydrogen-bond acceptors (Lipinski definition) is 5. The maximum absolute atomic E-state index is 12.6. The summed E-state index contributed by atoms with van der Waals surface area (Å²) in [6.45, 7) is 1.21. The Morgan fingerprint density at radius 3 is 2.78 bits per heavy atom. The molecule has 8 heteroatoms. The zero-order valence-corrected chi connectivity index (χ0v) is 13.5. The standard InChI is InChI=1S/C15H13Cl2N5O/c16-9-3-8-11(4-10(9)17)21-14(23)15(8)1-2-22(6-15)13-5-12(18)19-7-20-13/h3-5,7H,1-2,6H2,(H,21,23)(H2,18,19,20)/t15-/m1/s1. The van der Waals surface area contributed by atoms with Gasteiger partial charge < -0.3 is 16.0 Å². The van der Waals surface area contributed by atoms with E-state index in [0.717, 1.165) is 17.1 Å². The van der Waals surface area contributed by atoms with Crippen molar-refractivity contribution < 1.29 is 4.79 Å². The molecule has 118 valence electrons. The molecule has 2 aliphatic heterocycles. The molecule has 4 rings (SSSR count). The highest BCUT2D eigenvalue weighted by Crippen LogP contribution is 2.47. The fourth-order valence-electron chi connectivity index (χ4n) is 3.36. The summed E-state index contributed by atoms with van der Waals surface area (Å²) >= 11 is 12.2. The average molecular weight is 350 g/mol. The Kier molecular flexibility index (Phi) is 3.14. The SMILES string of the molecule is Nc1cc(N2CC[C@]3(C2)C(=O)Nc2cc(Cl)c(Cl)cc23)ncn1. The Labute approximate surface area is 142 Å². The number of benzene rings is 1. The van der Waals surface area contributed by atoms with E-state index in [1.807, 2.05) is 4.90 Å². The topological polar surface area (TPSA) is 84.1 Å². The van der Waals surface area contributed by atoms with Crippen molar-refractivity contribution in [1.29, 1.82) is 0 Å². The molecule has 2 aliphatic rings. The molecule has 3 N–H and O–H groups in total. The normalized spacial score (nSPS) is 22.5. The molecule has 1 amide bonds. The molecule has 1 saturated heterocycles. The average Bonchev–Trinajstić information content (AvgIpc) is 3.06. The number of nitrogens with two attached hydrogens (primary N) is 1. The number of halogens is 2. The molecule has 0 unspecified atom stereocenters. The van der Waals surface area contributed by atoms with Crippen LogP contribution in [0.3, 0.4) is 0 Å². The van der Waals surface area contributed by atoms with Crippen LogP contribution in [0.15, 0.2) is 24.5 Å². The molecule has 0 radical (unpaired) electrons. The minimum absolute atomic E-state index is 0.0321. The lowest BCUT2D eigenvalue weighted by Gasteiger charge is -2.23. The van der Waals surface area contributed by atoms with Crippen LogP contribution < -0.4 is 16.0 Å². The summed E-state index contributed by atoms with van der Waals surface area (Å²) in [5.41, 5.74) is 6.71. The van der Waals surface area contributed by atoms with Crippen molar-refractivity contribution in [1.82, 2.24) is 9.97 Å². The van der Waals surface area contributed by atoms with Crippen molar-refractivity contribution in [3.8, 4) is 0 Å². The van der Waals surface area contributed by atoms with Crippen LogP contribution in [0.2, 0.25) is 10.0 Å². The maximum Gasteiger partial charge on any atom is 0.236 e. The van der Waals surface area contributed by atoms with Gasteiger partial charge in [-0.05, 0) is 24.1 Å². The number of carbonyl (C=O) groups excluding carboxylic acids is 1. The van der Waals surface area contributed by atoms with Crippen molar-refractivity contribution in [2.75, 3.05) is 29.0 Å². The van der Waals surface area contributed by atoms with Gasteiger partial charge in [0.1, 0.15) is 18.0 Å². The van der Waals surface area contributed by atoms with Gasteiger partial charge in [0, 0.05) is 24.8 Å². The highest BCUT2D eigenvalue weighted by atomic mass is 35.5. The number of hydrogen-bond donors (Lipinski definition) is 2. The van der Waals surface area contributed by atoms with E-state index in [2.05, 4.69) is 15.3 Å². The fraction of sp³-hybridized carbons (Fsp3) is 0.267. The van der Waals surface area contributed by atoms with Crippen LogP contribution in [0.4, 0.5) is 17.3 Å². The lowest BCUT2D eigenvalue weighted by atomic mass is 9.81. The summed E-state index contributed by atoms with van der Waals surface area (Å²) in [5.74, 6) is 1.09. The van der Waals surface area contributed by atoms with Gasteiger partial charge in [-0.15, -0.1) is 0 Å². The van der Waals surface area contributed by atoms with Crippen LogP contribution in [0.1, 0.15) is 12.0 Å². The smallest absolute Gasteiger partial charge is 0.236 e. The quantitative estimate of drug-likeness (QED) is 0.825. The largest absolute Gasteiger partial charge is 0.384 e. The Hall–Kier alpha value is -2.05. The first-order chi connectivity index (χ1) is 11.0. The summed E-state index contributed by atoms with van der Waals surface area (Å²) in [6.07, 6.45) is 2.10. The van der Waals surface area contributed by atoms with Gasteiger partial charge in [0.2, 0.25) is 5.91 Å². The third kappa shape index (κ3) is 2.13. The number of aromatic nitrogens is 2. The van der Waals surface area contributed by atoms with Crippen molar-refractivity contribution >= 4 is 46.4 Å². The van der Waals surface area contributed by atoms with E-state index < -0.39 is 5.41 Å². The minimum atomic E-state index is -0.636. The number of fused-ring (bicyclic) bond motifs is 2. The molecular weight excluding hydrogens is 337 g/mol. The molecular formula is C15H13Cl2N5O. The van der Waals surface area contributed by atoms with Crippen LogP contribution in [-0.2, 0) is 10.2 Å². The van der Waals surface area contributed by atoms with Gasteiger partial charge in [0.15, 0.2) is 0 Å². The van der Waals surface area contributed by atoms with Gasteiger partial charge in [0.25, 0.3) is 0 Å². The fourth-order valence-corrected chi connectivity index (χ4v) is 3.68. The Balaban J connectivity index is 1.74. The molecule has 1 aromatic carbocycles. The molecule has 0 saturated carbocycles. The van der Waals surface area contributed by atoms with Crippen molar-refractivity contribution in [3.63, 3.8) is 0 Å². The Morgan fingerprint density at radius 1 is 1.22 bits per heavy atom. The third-order valence-corrected chi connectivity index (χ3v) is 5.25. The van der Waals surface area contributed by atoms with Crippen LogP contribution >= 0.6 is 23.2 Å². The van der Waals surface area contributed by atoms with Crippen molar-refractivity contribution in [3.05, 3.63) is 40.1 Å². The number of rotatable bonds is 1. The van der Waals surface area contributed by atoms with Crippen molar-refractivity contribution in [2.45, 2.75) is 11.8 Å². The van der Waals surface area contributed by atoms with Gasteiger partial charge >= 0.3 is 0 Å². The highest BCUT2D eigenvalue weighted by Gasteiger charge is 2.51. The molecule has 1 fully saturated rings. The number of anilines is 3. The number of nitrogen functional groups attached to an aromatic ring is 1. The van der Waals surface area contributed by atoms with Gasteiger partial charge in [-0.2, -0.15) is 0 Å². The predicted molar refractivity (Wildman–Crippen MR) is 90.0 cm³/mol. The predicted octanol–water partition coefficient (Wildman–Crippen LogP) is 2.47. The first-order valence-electron chi connectivity index (χ1n) is 7.13. The zero-order chi connectivity index (χ0) is 16.2. The van der Waals surface area contributed by atoms with E-state index in [4.69, 9.17) is 28.9 Å². The van der Waals surface area contributed by atoms with Crippen LogP contribution in [0, 0.1) is 0 Å². The molecule has 0 aliphatic carbocycles. The minimum Gasteiger partial charge on any atom is -0.384 e. The van der Waals surface area contributed by atoms with E-state index in [0.29, 0.717) is 35.4 Å². The molecule has 1 atom stereocenters. The van der Waals surface area contributed by atoms with E-state index in [9.17, 15) is 4.79 Å². The lowest BCUT2D eigenvalue weighted by molar-refractivity contribution is -0.120. The van der Waals surface area contributed by atoms with Gasteiger partial charge in [-0.25, -0.2) is 9.97 Å². The van der Waals surface area contributed by atoms with E-state index in [-0.39, 0.29) is 5.91 Å². The van der Waals surface area contributed by atoms with E-state index >= 15 is 0 Å². The van der Waals surface area contributed by atoms with Crippen LogP contribution in [-0.4, -0.2) is 29.0 Å². The molecule has 6 nitrogen and oxygen atoms in total. The Morgan fingerprint density at radius 2 is 2.00 bits per heavy atom. The maximum atomic E-state index is 12.6. The second kappa shape index (κ2) is 4.97. The second-order valence-electron chi connectivity index (χ2n) is 5.82. The van der Waals surface area contributed by atoms with Crippen molar-refractivity contribution in [2.24, 2.45) is 0 Å².